The van der Waals surface area contributed by atoms with Crippen molar-refractivity contribution in [1.82, 2.24) is 14.7 Å². The summed E-state index contributed by atoms with van der Waals surface area (Å²) in [5.41, 5.74) is 2.18. The maximum atomic E-state index is 12.6. The van der Waals surface area contributed by atoms with Crippen LogP contribution in [0.3, 0.4) is 0 Å². The molecule has 25 heavy (non-hydrogen) atoms. The molecule has 0 saturated heterocycles. The summed E-state index contributed by atoms with van der Waals surface area (Å²) in [7, 11) is 1.69. The molecule has 0 fully saturated rings. The van der Waals surface area contributed by atoms with Crippen LogP contribution in [0.15, 0.2) is 36.5 Å². The Morgan fingerprint density at radius 3 is 2.84 bits per heavy atom. The number of hydrogen-bond donors (Lipinski definition) is 0. The molecule has 1 aromatic carbocycles. The number of rotatable bonds is 7. The first-order chi connectivity index (χ1) is 12.2. The van der Waals surface area contributed by atoms with Gasteiger partial charge in [0.15, 0.2) is 0 Å². The van der Waals surface area contributed by atoms with E-state index in [0.717, 1.165) is 23.6 Å². The molecular formula is C19H25N3O3. The number of amides is 1. The summed E-state index contributed by atoms with van der Waals surface area (Å²) < 4.78 is 12.9. The Labute approximate surface area is 148 Å². The van der Waals surface area contributed by atoms with Gasteiger partial charge in [-0.3, -0.25) is 9.48 Å². The van der Waals surface area contributed by atoms with Crippen LogP contribution in [0, 0.1) is 0 Å². The van der Waals surface area contributed by atoms with Gasteiger partial charge in [-0.25, -0.2) is 0 Å². The molecule has 0 unspecified atom stereocenters. The van der Waals surface area contributed by atoms with Crippen LogP contribution in [0.1, 0.15) is 30.5 Å². The molecule has 1 aliphatic heterocycles. The van der Waals surface area contributed by atoms with Crippen LogP contribution >= 0.6 is 0 Å². The van der Waals surface area contributed by atoms with Crippen molar-refractivity contribution in [2.45, 2.75) is 32.4 Å². The SMILES string of the molecule is CCn1cc2c(n1)[C@H](COC)CN(C(=O)CCOc1ccccc1)C2. The van der Waals surface area contributed by atoms with Crippen molar-refractivity contribution in [3.8, 4) is 5.75 Å². The van der Waals surface area contributed by atoms with Gasteiger partial charge in [0.1, 0.15) is 5.75 Å². The molecule has 0 bridgehead atoms. The topological polar surface area (TPSA) is 56.6 Å². The molecule has 1 atom stereocenters. The van der Waals surface area contributed by atoms with Crippen molar-refractivity contribution in [2.24, 2.45) is 0 Å². The molecule has 0 aliphatic carbocycles. The lowest BCUT2D eigenvalue weighted by Crippen LogP contribution is -2.39. The molecule has 1 amide bonds. The Kier molecular flexibility index (Phi) is 5.71. The summed E-state index contributed by atoms with van der Waals surface area (Å²) in [4.78, 5) is 14.5. The van der Waals surface area contributed by atoms with E-state index >= 15 is 0 Å². The van der Waals surface area contributed by atoms with Crippen LogP contribution in [-0.4, -0.2) is 47.5 Å². The number of hydrogen-bond acceptors (Lipinski definition) is 4. The molecule has 6 nitrogen and oxygen atoms in total. The molecule has 0 saturated carbocycles. The fourth-order valence-electron chi connectivity index (χ4n) is 3.18. The number of carbonyl (C=O) groups excluding carboxylic acids is 1. The van der Waals surface area contributed by atoms with Crippen molar-refractivity contribution in [2.75, 3.05) is 26.9 Å². The van der Waals surface area contributed by atoms with E-state index in [1.54, 1.807) is 7.11 Å². The van der Waals surface area contributed by atoms with E-state index in [4.69, 9.17) is 9.47 Å². The Morgan fingerprint density at radius 1 is 1.32 bits per heavy atom. The number of fused-ring (bicyclic) bond motifs is 1. The lowest BCUT2D eigenvalue weighted by molar-refractivity contribution is -0.133. The number of aromatic nitrogens is 2. The zero-order valence-corrected chi connectivity index (χ0v) is 14.9. The first-order valence-corrected chi connectivity index (χ1v) is 8.72. The minimum Gasteiger partial charge on any atom is -0.493 e. The lowest BCUT2D eigenvalue weighted by Gasteiger charge is -2.31. The summed E-state index contributed by atoms with van der Waals surface area (Å²) in [6.45, 7) is 5.10. The predicted octanol–water partition coefficient (Wildman–Crippen LogP) is 2.44. The molecule has 6 heteroatoms. The second-order valence-corrected chi connectivity index (χ2v) is 6.23. The molecule has 3 rings (SSSR count). The van der Waals surface area contributed by atoms with Crippen LogP contribution in [0.5, 0.6) is 5.75 Å². The first-order valence-electron chi connectivity index (χ1n) is 8.72. The maximum Gasteiger partial charge on any atom is 0.226 e. The first kappa shape index (κ1) is 17.5. The molecule has 0 N–H and O–H groups in total. The van der Waals surface area contributed by atoms with Gasteiger partial charge in [-0.05, 0) is 19.1 Å². The van der Waals surface area contributed by atoms with E-state index in [1.165, 1.54) is 0 Å². The summed E-state index contributed by atoms with van der Waals surface area (Å²) in [6, 6.07) is 9.57. The number of nitrogens with zero attached hydrogens (tertiary/aromatic N) is 3. The molecular weight excluding hydrogens is 318 g/mol. The second kappa shape index (κ2) is 8.16. The van der Waals surface area contributed by atoms with Crippen molar-refractivity contribution >= 4 is 5.91 Å². The van der Waals surface area contributed by atoms with Crippen LogP contribution in [0.25, 0.3) is 0 Å². The van der Waals surface area contributed by atoms with Crippen molar-refractivity contribution in [1.29, 1.82) is 0 Å². The van der Waals surface area contributed by atoms with Gasteiger partial charge in [0.2, 0.25) is 5.91 Å². The van der Waals surface area contributed by atoms with E-state index in [2.05, 4.69) is 12.0 Å². The maximum absolute atomic E-state index is 12.6. The zero-order valence-electron chi connectivity index (χ0n) is 14.9. The molecule has 2 aromatic rings. The summed E-state index contributed by atoms with van der Waals surface area (Å²) in [6.07, 6.45) is 2.41. The largest absolute Gasteiger partial charge is 0.493 e. The minimum atomic E-state index is 0.104. The van der Waals surface area contributed by atoms with Crippen LogP contribution in [0.4, 0.5) is 0 Å². The molecule has 1 aromatic heterocycles. The minimum absolute atomic E-state index is 0.104. The lowest BCUT2D eigenvalue weighted by atomic mass is 9.97. The highest BCUT2D eigenvalue weighted by molar-refractivity contribution is 5.76. The molecule has 2 heterocycles. The van der Waals surface area contributed by atoms with Gasteiger partial charge in [0.05, 0.1) is 25.3 Å². The van der Waals surface area contributed by atoms with Gasteiger partial charge in [-0.2, -0.15) is 5.10 Å². The van der Waals surface area contributed by atoms with Gasteiger partial charge in [0.25, 0.3) is 0 Å². The highest BCUT2D eigenvalue weighted by Gasteiger charge is 2.30. The average Bonchev–Trinajstić information content (AvgIpc) is 3.06. The molecule has 0 spiro atoms. The van der Waals surface area contributed by atoms with Crippen LogP contribution in [-0.2, 0) is 22.6 Å². The third-order valence-corrected chi connectivity index (χ3v) is 4.43. The van der Waals surface area contributed by atoms with E-state index in [0.29, 0.717) is 32.7 Å². The molecule has 0 radical (unpaired) electrons. The van der Waals surface area contributed by atoms with Crippen molar-refractivity contribution in [3.63, 3.8) is 0 Å². The highest BCUT2D eigenvalue weighted by Crippen LogP contribution is 2.28. The molecule has 1 aliphatic rings. The Hall–Kier alpha value is -2.34. The number of benzene rings is 1. The number of ether oxygens (including phenoxy) is 2. The summed E-state index contributed by atoms with van der Waals surface area (Å²) in [5.74, 6) is 1.02. The Morgan fingerprint density at radius 2 is 2.12 bits per heavy atom. The monoisotopic (exact) mass is 343 g/mol. The van der Waals surface area contributed by atoms with Gasteiger partial charge in [-0.1, -0.05) is 18.2 Å². The Balaban J connectivity index is 1.61. The third kappa shape index (κ3) is 4.20. The normalized spacial score (nSPS) is 16.6. The van der Waals surface area contributed by atoms with E-state index in [1.807, 2.05) is 46.1 Å². The summed E-state index contributed by atoms with van der Waals surface area (Å²) in [5, 5.41) is 4.64. The summed E-state index contributed by atoms with van der Waals surface area (Å²) >= 11 is 0. The standard InChI is InChI=1S/C19H25N3O3/c1-3-22-13-15-11-21(12-16(14-24-2)19(15)20-22)18(23)9-10-25-17-7-5-4-6-8-17/h4-8,13,16H,3,9-12,14H2,1-2H3/t16-/m0/s1. The van der Waals surface area contributed by atoms with Gasteiger partial charge < -0.3 is 14.4 Å². The number of aryl methyl sites for hydroxylation is 1. The van der Waals surface area contributed by atoms with Crippen LogP contribution in [0.2, 0.25) is 0 Å². The van der Waals surface area contributed by atoms with Crippen molar-refractivity contribution < 1.29 is 14.3 Å². The number of methoxy groups -OCH3 is 1. The third-order valence-electron chi connectivity index (χ3n) is 4.43. The van der Waals surface area contributed by atoms with Gasteiger partial charge in [-0.15, -0.1) is 0 Å². The fourth-order valence-corrected chi connectivity index (χ4v) is 3.18. The fraction of sp³-hybridized carbons (Fsp3) is 0.474. The van der Waals surface area contributed by atoms with Crippen LogP contribution < -0.4 is 4.74 Å². The predicted molar refractivity (Wildman–Crippen MR) is 94.5 cm³/mol. The van der Waals surface area contributed by atoms with Crippen molar-refractivity contribution in [3.05, 3.63) is 47.8 Å². The highest BCUT2D eigenvalue weighted by atomic mass is 16.5. The smallest absolute Gasteiger partial charge is 0.226 e. The Bertz CT molecular complexity index is 699. The van der Waals surface area contributed by atoms with E-state index < -0.39 is 0 Å². The van der Waals surface area contributed by atoms with Gasteiger partial charge >= 0.3 is 0 Å². The number of para-hydroxylation sites is 1. The number of carbonyl (C=O) groups is 1. The molecule has 134 valence electrons. The second-order valence-electron chi connectivity index (χ2n) is 6.23. The quantitative estimate of drug-likeness (QED) is 0.775. The van der Waals surface area contributed by atoms with Gasteiger partial charge in [0, 0.05) is 44.4 Å². The van der Waals surface area contributed by atoms with E-state index in [-0.39, 0.29) is 11.8 Å². The zero-order chi connectivity index (χ0) is 17.6. The average molecular weight is 343 g/mol. The van der Waals surface area contributed by atoms with E-state index in [9.17, 15) is 4.79 Å².